The second-order valence-corrected chi connectivity index (χ2v) is 3.94. The first-order valence-corrected chi connectivity index (χ1v) is 4.34. The minimum absolute atomic E-state index is 0.105. The maximum absolute atomic E-state index is 10.9. The Morgan fingerprint density at radius 3 is 2.80 bits per heavy atom. The molecule has 0 amide bonds. The number of nitrogens with two attached hydrogens (primary N) is 1. The average molecular weight is 208 g/mol. The van der Waals surface area contributed by atoms with E-state index in [2.05, 4.69) is 10.2 Å². The lowest BCUT2D eigenvalue weighted by Crippen LogP contribution is -2.26. The van der Waals surface area contributed by atoms with E-state index in [1.54, 1.807) is 13.8 Å². The lowest BCUT2D eigenvalue weighted by molar-refractivity contribution is -0.146. The number of carboxylic acid groups (broad SMARTS) is 1. The molecule has 1 aromatic heterocycles. The van der Waals surface area contributed by atoms with E-state index in [0.29, 0.717) is 5.69 Å². The van der Waals surface area contributed by atoms with Gasteiger partial charge in [-0.2, -0.15) is 10.4 Å². The Kier molecular flexibility index (Phi) is 2.66. The van der Waals surface area contributed by atoms with Gasteiger partial charge in [-0.1, -0.05) is 0 Å². The van der Waals surface area contributed by atoms with E-state index in [-0.39, 0.29) is 17.8 Å². The van der Waals surface area contributed by atoms with Gasteiger partial charge in [0.25, 0.3) is 0 Å². The van der Waals surface area contributed by atoms with Crippen LogP contribution in [0.3, 0.4) is 0 Å². The Morgan fingerprint density at radius 1 is 1.73 bits per heavy atom. The van der Waals surface area contributed by atoms with E-state index in [9.17, 15) is 4.79 Å². The summed E-state index contributed by atoms with van der Waals surface area (Å²) in [5.74, 6) is -0.826. The molecule has 1 heterocycles. The highest BCUT2D eigenvalue weighted by molar-refractivity contribution is 5.74. The van der Waals surface area contributed by atoms with Crippen molar-refractivity contribution in [3.8, 4) is 6.07 Å². The molecular formula is C9H12N4O2. The first kappa shape index (κ1) is 11.0. The molecule has 0 aromatic carbocycles. The highest BCUT2D eigenvalue weighted by Crippen LogP contribution is 2.24. The van der Waals surface area contributed by atoms with Crippen LogP contribution in [0.5, 0.6) is 0 Å². The summed E-state index contributed by atoms with van der Waals surface area (Å²) >= 11 is 0. The third-order valence-electron chi connectivity index (χ3n) is 2.18. The van der Waals surface area contributed by atoms with Crippen molar-refractivity contribution in [2.45, 2.75) is 20.3 Å². The normalized spacial score (nSPS) is 11.0. The minimum Gasteiger partial charge on any atom is -0.481 e. The lowest BCUT2D eigenvalue weighted by atomic mass is 9.87. The van der Waals surface area contributed by atoms with Gasteiger partial charge < -0.3 is 10.8 Å². The summed E-state index contributed by atoms with van der Waals surface area (Å²) < 4.78 is 0. The third-order valence-corrected chi connectivity index (χ3v) is 2.18. The predicted molar refractivity (Wildman–Crippen MR) is 52.8 cm³/mol. The highest BCUT2D eigenvalue weighted by Gasteiger charge is 2.29. The summed E-state index contributed by atoms with van der Waals surface area (Å²) in [6.07, 6.45) is 0.190. The summed E-state index contributed by atoms with van der Waals surface area (Å²) in [5, 5.41) is 24.0. The summed E-state index contributed by atoms with van der Waals surface area (Å²) in [6.45, 7) is 3.15. The number of hydrogen-bond acceptors (Lipinski definition) is 4. The van der Waals surface area contributed by atoms with Crippen molar-refractivity contribution < 1.29 is 9.90 Å². The number of carbonyl (C=O) groups is 1. The van der Waals surface area contributed by atoms with Crippen LogP contribution >= 0.6 is 0 Å². The summed E-state index contributed by atoms with van der Waals surface area (Å²) in [7, 11) is 0. The topological polar surface area (TPSA) is 116 Å². The number of anilines is 1. The maximum atomic E-state index is 10.9. The minimum atomic E-state index is -0.954. The number of nitrogens with one attached hydrogen (secondary N) is 1. The molecule has 0 saturated carbocycles. The number of carboxylic acids is 1. The predicted octanol–water partition coefficient (Wildman–Crippen LogP) is 0.517. The van der Waals surface area contributed by atoms with Crippen LogP contribution in [0.1, 0.15) is 25.1 Å². The summed E-state index contributed by atoms with van der Waals surface area (Å²) in [5.41, 5.74) is 5.17. The summed E-state index contributed by atoms with van der Waals surface area (Å²) in [6, 6.07) is 1.89. The SMILES string of the molecule is CC(C)(Cc1[nH]nc(N)c1C#N)C(=O)O. The first-order valence-electron chi connectivity index (χ1n) is 4.34. The molecule has 0 bridgehead atoms. The van der Waals surface area contributed by atoms with Crippen molar-refractivity contribution in [3.05, 3.63) is 11.3 Å². The number of nitrogen functional groups attached to an aromatic ring is 1. The lowest BCUT2D eigenvalue weighted by Gasteiger charge is -2.17. The number of nitrogens with zero attached hydrogens (tertiary/aromatic N) is 2. The quantitative estimate of drug-likeness (QED) is 0.669. The number of aliphatic carboxylic acids is 1. The number of H-pyrrole nitrogens is 1. The van der Waals surface area contributed by atoms with Crippen LogP contribution in [0.15, 0.2) is 0 Å². The largest absolute Gasteiger partial charge is 0.481 e. The highest BCUT2D eigenvalue weighted by atomic mass is 16.4. The molecule has 1 aromatic rings. The molecule has 6 nitrogen and oxygen atoms in total. The van der Waals surface area contributed by atoms with Gasteiger partial charge in [0.15, 0.2) is 5.82 Å². The molecule has 0 atom stereocenters. The summed E-state index contributed by atoms with van der Waals surface area (Å²) in [4.78, 5) is 10.9. The standard InChI is InChI=1S/C9H12N4O2/c1-9(2,8(14)15)3-6-5(4-10)7(11)13-12-6/h3H2,1-2H3,(H,14,15)(H3,11,12,13). The van der Waals surface area contributed by atoms with E-state index >= 15 is 0 Å². The van der Waals surface area contributed by atoms with Gasteiger partial charge in [-0.05, 0) is 13.8 Å². The van der Waals surface area contributed by atoms with Crippen molar-refractivity contribution in [2.75, 3.05) is 5.73 Å². The molecule has 4 N–H and O–H groups in total. The van der Waals surface area contributed by atoms with Gasteiger partial charge in [0.2, 0.25) is 0 Å². The molecule has 0 fully saturated rings. The Balaban J connectivity index is 3.01. The molecule has 0 aliphatic carbocycles. The van der Waals surface area contributed by atoms with Crippen LogP contribution in [0.2, 0.25) is 0 Å². The Hall–Kier alpha value is -2.03. The van der Waals surface area contributed by atoms with E-state index in [1.165, 1.54) is 0 Å². The van der Waals surface area contributed by atoms with Crippen LogP contribution in [-0.4, -0.2) is 21.3 Å². The number of aromatic nitrogens is 2. The molecule has 6 heteroatoms. The molecule has 0 aliphatic heterocycles. The van der Waals surface area contributed by atoms with Crippen molar-refractivity contribution in [2.24, 2.45) is 5.41 Å². The van der Waals surface area contributed by atoms with Crippen LogP contribution in [0.25, 0.3) is 0 Å². The fourth-order valence-electron chi connectivity index (χ4n) is 1.16. The van der Waals surface area contributed by atoms with Gasteiger partial charge in [-0.15, -0.1) is 0 Å². The molecule has 0 aliphatic rings. The Bertz CT molecular complexity index is 428. The molecule has 0 saturated heterocycles. The Labute approximate surface area is 86.7 Å². The van der Waals surface area contributed by atoms with Crippen molar-refractivity contribution >= 4 is 11.8 Å². The zero-order valence-corrected chi connectivity index (χ0v) is 8.53. The Morgan fingerprint density at radius 2 is 2.33 bits per heavy atom. The second-order valence-electron chi connectivity index (χ2n) is 3.94. The third kappa shape index (κ3) is 2.07. The second kappa shape index (κ2) is 3.61. The molecule has 0 radical (unpaired) electrons. The fraction of sp³-hybridized carbons (Fsp3) is 0.444. The van der Waals surface area contributed by atoms with Gasteiger partial charge in [0.1, 0.15) is 11.6 Å². The average Bonchev–Trinajstić information content (AvgIpc) is 2.45. The van der Waals surface area contributed by atoms with Gasteiger partial charge in [-0.25, -0.2) is 0 Å². The number of hydrogen-bond donors (Lipinski definition) is 3. The van der Waals surface area contributed by atoms with Gasteiger partial charge in [-0.3, -0.25) is 9.89 Å². The van der Waals surface area contributed by atoms with Gasteiger partial charge in [0.05, 0.1) is 11.1 Å². The fourth-order valence-corrected chi connectivity index (χ4v) is 1.16. The number of nitriles is 1. The van der Waals surface area contributed by atoms with Crippen LogP contribution in [0, 0.1) is 16.7 Å². The molecule has 1 rings (SSSR count). The molecule has 15 heavy (non-hydrogen) atoms. The monoisotopic (exact) mass is 208 g/mol. The van der Waals surface area contributed by atoms with Crippen molar-refractivity contribution in [3.63, 3.8) is 0 Å². The number of aromatic amines is 1. The maximum Gasteiger partial charge on any atom is 0.309 e. The van der Waals surface area contributed by atoms with E-state index in [4.69, 9.17) is 16.1 Å². The zero-order valence-electron chi connectivity index (χ0n) is 8.53. The molecular weight excluding hydrogens is 196 g/mol. The first-order chi connectivity index (χ1) is 6.88. The van der Waals surface area contributed by atoms with E-state index < -0.39 is 11.4 Å². The van der Waals surface area contributed by atoms with Gasteiger partial charge >= 0.3 is 5.97 Å². The smallest absolute Gasteiger partial charge is 0.309 e. The van der Waals surface area contributed by atoms with E-state index in [0.717, 1.165) is 0 Å². The molecule has 0 unspecified atom stereocenters. The zero-order chi connectivity index (χ0) is 11.6. The van der Waals surface area contributed by atoms with Crippen LogP contribution in [0.4, 0.5) is 5.82 Å². The van der Waals surface area contributed by atoms with Crippen LogP contribution in [-0.2, 0) is 11.2 Å². The van der Waals surface area contributed by atoms with Gasteiger partial charge in [0, 0.05) is 6.42 Å². The van der Waals surface area contributed by atoms with Crippen LogP contribution < -0.4 is 5.73 Å². The molecule has 80 valence electrons. The van der Waals surface area contributed by atoms with Crippen molar-refractivity contribution in [1.82, 2.24) is 10.2 Å². The van der Waals surface area contributed by atoms with Crippen molar-refractivity contribution in [1.29, 1.82) is 5.26 Å². The van der Waals surface area contributed by atoms with E-state index in [1.807, 2.05) is 6.07 Å². The number of rotatable bonds is 3. The molecule has 0 spiro atoms.